The molecule has 0 aromatic carbocycles. The number of rotatable bonds is 4. The molecule has 1 saturated carbocycles. The number of hydrogen-bond acceptors (Lipinski definition) is 3. The second-order valence-electron chi connectivity index (χ2n) is 6.69. The third-order valence-corrected chi connectivity index (χ3v) is 5.05. The summed E-state index contributed by atoms with van der Waals surface area (Å²) in [5.74, 6) is 1.18. The van der Waals surface area contributed by atoms with Crippen LogP contribution in [0.4, 0.5) is 0 Å². The minimum atomic E-state index is -0.214. The molecule has 1 N–H and O–H groups in total. The van der Waals surface area contributed by atoms with E-state index in [0.29, 0.717) is 5.92 Å². The van der Waals surface area contributed by atoms with Crippen LogP contribution >= 0.6 is 0 Å². The van der Waals surface area contributed by atoms with Crippen molar-refractivity contribution in [2.45, 2.75) is 52.1 Å². The summed E-state index contributed by atoms with van der Waals surface area (Å²) in [6.07, 6.45) is 6.55. The lowest BCUT2D eigenvalue weighted by atomic mass is 9.71. The van der Waals surface area contributed by atoms with Gasteiger partial charge in [0.15, 0.2) is 0 Å². The van der Waals surface area contributed by atoms with Crippen molar-refractivity contribution < 1.29 is 9.90 Å². The number of aliphatic hydroxyl groups excluding tert-OH is 1. The molecule has 104 valence electrons. The van der Waals surface area contributed by atoms with Gasteiger partial charge < -0.3 is 14.8 Å². The second-order valence-corrected chi connectivity index (χ2v) is 6.69. The molecule has 2 rings (SSSR count). The van der Waals surface area contributed by atoms with Crippen LogP contribution in [-0.2, 0) is 4.79 Å². The fourth-order valence-corrected chi connectivity index (χ4v) is 3.50. The molecule has 1 saturated heterocycles. The number of carbonyl (C=O) groups excluding carboxylic acids is 1. The molecule has 1 heterocycles. The third-order valence-electron chi connectivity index (χ3n) is 5.05. The summed E-state index contributed by atoms with van der Waals surface area (Å²) in [4.78, 5) is 13.9. The largest absolute Gasteiger partial charge is 0.393 e. The monoisotopic (exact) mass is 253 g/mol. The van der Waals surface area contributed by atoms with Crippen LogP contribution in [0.2, 0.25) is 0 Å². The summed E-state index contributed by atoms with van der Waals surface area (Å²) in [6.45, 7) is 7.08. The molecule has 2 atom stereocenters. The highest BCUT2D eigenvalue weighted by Crippen LogP contribution is 2.38. The summed E-state index contributed by atoms with van der Waals surface area (Å²) >= 11 is 0. The van der Waals surface area contributed by atoms with Crippen LogP contribution < -0.4 is 0 Å². The van der Waals surface area contributed by atoms with E-state index in [2.05, 4.69) is 11.8 Å². The van der Waals surface area contributed by atoms with E-state index in [4.69, 9.17) is 0 Å². The molecule has 1 aliphatic heterocycles. The van der Waals surface area contributed by atoms with Crippen molar-refractivity contribution in [1.29, 1.82) is 0 Å². The predicted octanol–water partition coefficient (Wildman–Crippen LogP) is 2.08. The van der Waals surface area contributed by atoms with Gasteiger partial charge in [-0.2, -0.15) is 0 Å². The van der Waals surface area contributed by atoms with Crippen molar-refractivity contribution in [2.75, 3.05) is 19.6 Å². The van der Waals surface area contributed by atoms with Gasteiger partial charge in [-0.25, -0.2) is 0 Å². The number of hydrogen-bond donors (Lipinski definition) is 1. The molecular weight excluding hydrogens is 226 g/mol. The van der Waals surface area contributed by atoms with Crippen LogP contribution in [-0.4, -0.2) is 42.0 Å². The Labute approximate surface area is 111 Å². The Kier molecular flexibility index (Phi) is 4.44. The number of aldehydes is 1. The van der Waals surface area contributed by atoms with Crippen molar-refractivity contribution in [3.05, 3.63) is 0 Å². The minimum Gasteiger partial charge on any atom is -0.393 e. The molecule has 2 unspecified atom stereocenters. The van der Waals surface area contributed by atoms with E-state index in [0.717, 1.165) is 44.8 Å². The van der Waals surface area contributed by atoms with E-state index in [1.54, 1.807) is 0 Å². The van der Waals surface area contributed by atoms with Crippen molar-refractivity contribution in [3.8, 4) is 0 Å². The first-order valence-corrected chi connectivity index (χ1v) is 7.41. The van der Waals surface area contributed by atoms with Crippen LogP contribution in [0.1, 0.15) is 46.0 Å². The van der Waals surface area contributed by atoms with Gasteiger partial charge >= 0.3 is 0 Å². The van der Waals surface area contributed by atoms with E-state index in [9.17, 15) is 9.90 Å². The van der Waals surface area contributed by atoms with Crippen LogP contribution in [0.15, 0.2) is 0 Å². The van der Waals surface area contributed by atoms with Crippen LogP contribution in [0, 0.1) is 17.3 Å². The van der Waals surface area contributed by atoms with Gasteiger partial charge in [-0.05, 0) is 57.4 Å². The molecule has 2 aliphatic rings. The Morgan fingerprint density at radius 1 is 1.39 bits per heavy atom. The van der Waals surface area contributed by atoms with E-state index < -0.39 is 0 Å². The molecule has 3 nitrogen and oxygen atoms in total. The van der Waals surface area contributed by atoms with Gasteiger partial charge in [-0.1, -0.05) is 6.92 Å². The normalized spacial score (nSPS) is 39.7. The maximum absolute atomic E-state index is 11.5. The predicted molar refractivity (Wildman–Crippen MR) is 72.4 cm³/mol. The minimum absolute atomic E-state index is 0.0971. The van der Waals surface area contributed by atoms with Crippen molar-refractivity contribution in [1.82, 2.24) is 4.90 Å². The molecular formula is C15H27NO2. The lowest BCUT2D eigenvalue weighted by Gasteiger charge is -2.37. The Morgan fingerprint density at radius 3 is 2.56 bits per heavy atom. The van der Waals surface area contributed by atoms with Crippen molar-refractivity contribution >= 4 is 6.29 Å². The van der Waals surface area contributed by atoms with Gasteiger partial charge in [0.1, 0.15) is 6.29 Å². The maximum atomic E-state index is 11.5. The zero-order chi connectivity index (χ0) is 13.2. The SMILES string of the molecule is CC1CCC(C=O)(CN2CCC(C(C)O)C2)CC1. The Morgan fingerprint density at radius 2 is 2.06 bits per heavy atom. The number of likely N-dealkylation sites (tertiary alicyclic amines) is 1. The highest BCUT2D eigenvalue weighted by Gasteiger charge is 2.37. The van der Waals surface area contributed by atoms with Gasteiger partial charge in [0, 0.05) is 18.5 Å². The Balaban J connectivity index is 1.89. The fraction of sp³-hybridized carbons (Fsp3) is 0.933. The molecule has 0 spiro atoms. The summed E-state index contributed by atoms with van der Waals surface area (Å²) in [5.41, 5.74) is -0.0971. The average Bonchev–Trinajstić information content (AvgIpc) is 2.81. The summed E-state index contributed by atoms with van der Waals surface area (Å²) < 4.78 is 0. The van der Waals surface area contributed by atoms with Crippen molar-refractivity contribution in [2.24, 2.45) is 17.3 Å². The molecule has 18 heavy (non-hydrogen) atoms. The summed E-state index contributed by atoms with van der Waals surface area (Å²) in [6, 6.07) is 0. The first kappa shape index (κ1) is 14.0. The molecule has 0 aromatic heterocycles. The fourth-order valence-electron chi connectivity index (χ4n) is 3.50. The molecule has 0 amide bonds. The smallest absolute Gasteiger partial charge is 0.127 e. The number of carbonyl (C=O) groups is 1. The molecule has 2 fully saturated rings. The van der Waals surface area contributed by atoms with Gasteiger partial charge in [-0.3, -0.25) is 0 Å². The van der Waals surface area contributed by atoms with E-state index in [1.807, 2.05) is 6.92 Å². The lowest BCUT2D eigenvalue weighted by Crippen LogP contribution is -2.40. The van der Waals surface area contributed by atoms with Gasteiger partial charge in [0.2, 0.25) is 0 Å². The zero-order valence-corrected chi connectivity index (χ0v) is 11.8. The van der Waals surface area contributed by atoms with E-state index in [-0.39, 0.29) is 11.5 Å². The van der Waals surface area contributed by atoms with Gasteiger partial charge in [-0.15, -0.1) is 0 Å². The number of aliphatic hydroxyl groups is 1. The average molecular weight is 253 g/mol. The van der Waals surface area contributed by atoms with Crippen molar-refractivity contribution in [3.63, 3.8) is 0 Å². The first-order valence-electron chi connectivity index (χ1n) is 7.41. The maximum Gasteiger partial charge on any atom is 0.127 e. The quantitative estimate of drug-likeness (QED) is 0.780. The topological polar surface area (TPSA) is 40.5 Å². The molecule has 0 aromatic rings. The highest BCUT2D eigenvalue weighted by atomic mass is 16.3. The number of nitrogens with zero attached hydrogens (tertiary/aromatic N) is 1. The standard InChI is InChI=1S/C15H27NO2/c1-12-3-6-15(11-17,7-4-12)10-16-8-5-14(9-16)13(2)18/h11-14,18H,3-10H2,1-2H3. The van der Waals surface area contributed by atoms with Crippen LogP contribution in [0.3, 0.4) is 0 Å². The zero-order valence-electron chi connectivity index (χ0n) is 11.8. The molecule has 0 bridgehead atoms. The van der Waals surface area contributed by atoms with Crippen LogP contribution in [0.5, 0.6) is 0 Å². The first-order chi connectivity index (χ1) is 8.54. The summed E-state index contributed by atoms with van der Waals surface area (Å²) in [7, 11) is 0. The van der Waals surface area contributed by atoms with E-state index >= 15 is 0 Å². The lowest BCUT2D eigenvalue weighted by molar-refractivity contribution is -0.119. The molecule has 1 aliphatic carbocycles. The molecule has 0 radical (unpaired) electrons. The third kappa shape index (κ3) is 3.12. The Hall–Kier alpha value is -0.410. The van der Waals surface area contributed by atoms with Crippen LogP contribution in [0.25, 0.3) is 0 Å². The summed E-state index contributed by atoms with van der Waals surface area (Å²) in [5, 5.41) is 9.64. The van der Waals surface area contributed by atoms with E-state index in [1.165, 1.54) is 19.1 Å². The highest BCUT2D eigenvalue weighted by molar-refractivity contribution is 5.60. The Bertz CT molecular complexity index is 282. The van der Waals surface area contributed by atoms with Gasteiger partial charge in [0.25, 0.3) is 0 Å². The second kappa shape index (κ2) is 5.70. The molecule has 3 heteroatoms. The van der Waals surface area contributed by atoms with Gasteiger partial charge in [0.05, 0.1) is 6.10 Å².